The normalized spacial score (nSPS) is 13.1. The number of ether oxygens (including phenoxy) is 3. The van der Waals surface area contributed by atoms with Gasteiger partial charge in [0.25, 0.3) is 0 Å². The highest BCUT2D eigenvalue weighted by Gasteiger charge is 2.19. The molecule has 0 aliphatic heterocycles. The van der Waals surface area contributed by atoms with Crippen LogP contribution in [0.1, 0.15) is 252 Å². The van der Waals surface area contributed by atoms with Gasteiger partial charge in [-0.25, -0.2) is 0 Å². The Morgan fingerprint density at radius 1 is 0.288 bits per heavy atom. The Kier molecular flexibility index (Phi) is 56.4. The van der Waals surface area contributed by atoms with Crippen LogP contribution in [0.15, 0.2) is 134 Å². The number of allylic oxidation sites excluding steroid dienone is 22. The molecule has 0 radical (unpaired) electrons. The molecule has 0 aliphatic carbocycles. The van der Waals surface area contributed by atoms with Crippen LogP contribution >= 0.6 is 0 Å². The lowest BCUT2D eigenvalue weighted by molar-refractivity contribution is -0.167. The molecule has 0 saturated carbocycles. The number of hydrogen-bond acceptors (Lipinski definition) is 6. The van der Waals surface area contributed by atoms with Crippen LogP contribution in [0.25, 0.3) is 0 Å². The number of esters is 3. The highest BCUT2D eigenvalue weighted by molar-refractivity contribution is 5.71. The van der Waals surface area contributed by atoms with E-state index in [9.17, 15) is 14.4 Å². The van der Waals surface area contributed by atoms with Gasteiger partial charge in [0.15, 0.2) is 6.10 Å². The first-order valence-electron chi connectivity index (χ1n) is 29.7. The third kappa shape index (κ3) is 58.3. The number of unbranched alkanes of at least 4 members (excludes halogenated alkanes) is 19. The fourth-order valence-electron chi connectivity index (χ4n) is 7.73. The van der Waals surface area contributed by atoms with E-state index in [4.69, 9.17) is 14.2 Å². The zero-order valence-electron chi connectivity index (χ0n) is 47.1. The predicted octanol–water partition coefficient (Wildman–Crippen LogP) is 20.2. The van der Waals surface area contributed by atoms with Crippen molar-refractivity contribution in [3.8, 4) is 0 Å². The van der Waals surface area contributed by atoms with E-state index in [1.165, 1.54) is 89.9 Å². The van der Waals surface area contributed by atoms with Crippen LogP contribution in [-0.2, 0) is 28.6 Å². The molecule has 1 atom stereocenters. The van der Waals surface area contributed by atoms with Gasteiger partial charge in [0, 0.05) is 19.3 Å². The average molecular weight is 1010 g/mol. The number of hydrogen-bond donors (Lipinski definition) is 0. The van der Waals surface area contributed by atoms with Gasteiger partial charge < -0.3 is 14.2 Å². The van der Waals surface area contributed by atoms with E-state index >= 15 is 0 Å². The van der Waals surface area contributed by atoms with Crippen LogP contribution in [0.5, 0.6) is 0 Å². The Morgan fingerprint density at radius 3 is 0.918 bits per heavy atom. The topological polar surface area (TPSA) is 78.9 Å². The maximum Gasteiger partial charge on any atom is 0.306 e. The molecule has 412 valence electrons. The van der Waals surface area contributed by atoms with E-state index in [1.807, 2.05) is 0 Å². The molecule has 0 spiro atoms. The number of carbonyl (C=O) groups is 3. The fourth-order valence-corrected chi connectivity index (χ4v) is 7.73. The summed E-state index contributed by atoms with van der Waals surface area (Å²) >= 11 is 0. The van der Waals surface area contributed by atoms with Crippen LogP contribution in [0, 0.1) is 0 Å². The van der Waals surface area contributed by atoms with Crippen LogP contribution in [0.4, 0.5) is 0 Å². The molecule has 0 amide bonds. The van der Waals surface area contributed by atoms with Crippen LogP contribution in [0.2, 0.25) is 0 Å². The predicted molar refractivity (Wildman–Crippen MR) is 316 cm³/mol. The molecule has 0 heterocycles. The number of carbonyl (C=O) groups excluding carboxylic acids is 3. The lowest BCUT2D eigenvalue weighted by Gasteiger charge is -2.18. The molecule has 0 saturated heterocycles. The summed E-state index contributed by atoms with van der Waals surface area (Å²) in [7, 11) is 0. The van der Waals surface area contributed by atoms with E-state index in [0.717, 1.165) is 116 Å². The van der Waals surface area contributed by atoms with Gasteiger partial charge in [0.2, 0.25) is 0 Å². The second kappa shape index (κ2) is 60.1. The highest BCUT2D eigenvalue weighted by atomic mass is 16.6. The summed E-state index contributed by atoms with van der Waals surface area (Å²) in [6, 6.07) is 0. The number of rotatable bonds is 52. The summed E-state index contributed by atoms with van der Waals surface area (Å²) in [5.74, 6) is -1.01. The summed E-state index contributed by atoms with van der Waals surface area (Å²) < 4.78 is 16.8. The van der Waals surface area contributed by atoms with Gasteiger partial charge in [-0.05, 0) is 128 Å². The SMILES string of the molecule is CC/C=C\C/C=C\C/C=C\C/C=C\C/C=C\C/C=C\C/C=C\CCCC(=O)OCC(COC(=O)CCCCC/C=C\C/C=C\C/C=C\CC)OC(=O)CCCCCCCCCCC/C=C\CCCCCCCC. The summed E-state index contributed by atoms with van der Waals surface area (Å²) in [5, 5.41) is 0. The van der Waals surface area contributed by atoms with Crippen molar-refractivity contribution in [2.24, 2.45) is 0 Å². The molecule has 0 aliphatic rings. The van der Waals surface area contributed by atoms with Gasteiger partial charge in [-0.15, -0.1) is 0 Å². The van der Waals surface area contributed by atoms with Gasteiger partial charge in [0.1, 0.15) is 13.2 Å². The van der Waals surface area contributed by atoms with E-state index in [-0.39, 0.29) is 37.5 Å². The Bertz CT molecular complexity index is 1580. The van der Waals surface area contributed by atoms with Crippen LogP contribution < -0.4 is 0 Å². The van der Waals surface area contributed by atoms with Crippen LogP contribution in [0.3, 0.4) is 0 Å². The zero-order chi connectivity index (χ0) is 52.9. The minimum Gasteiger partial charge on any atom is -0.462 e. The van der Waals surface area contributed by atoms with Gasteiger partial charge >= 0.3 is 17.9 Å². The minimum absolute atomic E-state index is 0.116. The molecule has 0 aromatic carbocycles. The second-order valence-electron chi connectivity index (χ2n) is 19.1. The molecule has 0 N–H and O–H groups in total. The summed E-state index contributed by atoms with van der Waals surface area (Å²) in [6.45, 7) is 6.33. The quantitative estimate of drug-likeness (QED) is 0.0261. The molecular weight excluding hydrogens is 901 g/mol. The Morgan fingerprint density at radius 2 is 0.548 bits per heavy atom. The summed E-state index contributed by atoms with van der Waals surface area (Å²) in [6.07, 6.45) is 84.5. The van der Waals surface area contributed by atoms with Gasteiger partial charge in [-0.2, -0.15) is 0 Å². The molecule has 0 aromatic heterocycles. The average Bonchev–Trinajstić information content (AvgIpc) is 3.39. The van der Waals surface area contributed by atoms with E-state index < -0.39 is 6.10 Å². The van der Waals surface area contributed by atoms with Crippen molar-refractivity contribution in [1.29, 1.82) is 0 Å². The van der Waals surface area contributed by atoms with E-state index in [1.54, 1.807) is 0 Å². The molecule has 0 aromatic rings. The van der Waals surface area contributed by atoms with Gasteiger partial charge in [-0.3, -0.25) is 14.4 Å². The van der Waals surface area contributed by atoms with Crippen molar-refractivity contribution in [3.05, 3.63) is 134 Å². The standard InChI is InChI=1S/C67H108O6/c1-4-7-10-13-16-19-22-25-27-29-31-32-33-34-36-37-39-42-45-48-51-54-57-60-66(69)72-63-64(62-71-65(68)59-56-53-50-47-44-41-24-21-18-15-12-9-6-3)73-67(70)61-58-55-52-49-46-43-40-38-35-30-28-26-23-20-17-14-11-8-5-2/h7,9-10,12,16,18-19,21,25-28,31-32,34,36,39,41-42,44,48,51,64H,4-6,8,11,13-15,17,20,22-24,29-30,33,35,37-38,40,43,45-47,49-50,52-63H2,1-3H3/b10-7-,12-9-,19-16-,21-18-,27-25-,28-26-,32-31-,36-34-,42-39-,44-41-,51-48-. The van der Waals surface area contributed by atoms with E-state index in [0.29, 0.717) is 19.3 Å². The second-order valence-corrected chi connectivity index (χ2v) is 19.1. The highest BCUT2D eigenvalue weighted by Crippen LogP contribution is 2.14. The maximum absolute atomic E-state index is 12.9. The Hall–Kier alpha value is -4.45. The van der Waals surface area contributed by atoms with Crippen LogP contribution in [-0.4, -0.2) is 37.2 Å². The van der Waals surface area contributed by atoms with Crippen molar-refractivity contribution >= 4 is 17.9 Å². The molecule has 73 heavy (non-hydrogen) atoms. The molecule has 6 nitrogen and oxygen atoms in total. The third-order valence-electron chi connectivity index (χ3n) is 12.1. The van der Waals surface area contributed by atoms with Crippen molar-refractivity contribution in [3.63, 3.8) is 0 Å². The van der Waals surface area contributed by atoms with Crippen molar-refractivity contribution < 1.29 is 28.6 Å². The largest absolute Gasteiger partial charge is 0.462 e. The van der Waals surface area contributed by atoms with Crippen molar-refractivity contribution in [2.75, 3.05) is 13.2 Å². The minimum atomic E-state index is -0.820. The zero-order valence-corrected chi connectivity index (χ0v) is 47.1. The summed E-state index contributed by atoms with van der Waals surface area (Å²) in [4.78, 5) is 38.2. The molecule has 0 bridgehead atoms. The molecule has 0 rings (SSSR count). The smallest absolute Gasteiger partial charge is 0.306 e. The van der Waals surface area contributed by atoms with E-state index in [2.05, 4.69) is 154 Å². The lowest BCUT2D eigenvalue weighted by atomic mass is 10.1. The van der Waals surface area contributed by atoms with Crippen molar-refractivity contribution in [2.45, 2.75) is 258 Å². The lowest BCUT2D eigenvalue weighted by Crippen LogP contribution is -2.30. The summed E-state index contributed by atoms with van der Waals surface area (Å²) in [5.41, 5.74) is 0. The maximum atomic E-state index is 12.9. The van der Waals surface area contributed by atoms with Gasteiger partial charge in [0.05, 0.1) is 0 Å². The fraction of sp³-hybridized carbons (Fsp3) is 0.627. The molecule has 6 heteroatoms. The first kappa shape index (κ1) is 68.6. The molecule has 0 fully saturated rings. The first-order valence-corrected chi connectivity index (χ1v) is 29.7. The molecule has 1 unspecified atom stereocenters. The monoisotopic (exact) mass is 1010 g/mol. The third-order valence-corrected chi connectivity index (χ3v) is 12.1. The first-order chi connectivity index (χ1) is 36.0. The molecular formula is C67H108O6. The van der Waals surface area contributed by atoms with Gasteiger partial charge in [-0.1, -0.05) is 238 Å². The van der Waals surface area contributed by atoms with Crippen molar-refractivity contribution in [1.82, 2.24) is 0 Å². The Labute approximate surface area is 449 Å². The Balaban J connectivity index is 4.50.